The lowest BCUT2D eigenvalue weighted by Crippen LogP contribution is -2.42. The summed E-state index contributed by atoms with van der Waals surface area (Å²) in [7, 11) is -3.64. The third kappa shape index (κ3) is 5.20. The van der Waals surface area contributed by atoms with Crippen LogP contribution in [0.3, 0.4) is 0 Å². The zero-order valence-electron chi connectivity index (χ0n) is 13.1. The number of rotatable bonds is 4. The van der Waals surface area contributed by atoms with Crippen LogP contribution in [0.1, 0.15) is 28.9 Å². The zero-order valence-corrected chi connectivity index (χ0v) is 13.9. The Bertz CT molecular complexity index is 715. The monoisotopic (exact) mass is 368 g/mol. The van der Waals surface area contributed by atoms with Crippen molar-refractivity contribution in [2.45, 2.75) is 32.5 Å². The lowest BCUT2D eigenvalue weighted by atomic mass is 9.99. The molecule has 24 heavy (non-hydrogen) atoms. The number of alkyl halides is 3. The fraction of sp³-hybridized carbons (Fsp3) is 0.692. The number of hydrogen-bond donors (Lipinski definition) is 1. The van der Waals surface area contributed by atoms with Crippen LogP contribution in [0.4, 0.5) is 13.2 Å². The second-order valence-corrected chi connectivity index (χ2v) is 7.69. The molecule has 1 atom stereocenters. The van der Waals surface area contributed by atoms with E-state index in [9.17, 15) is 26.4 Å². The van der Waals surface area contributed by atoms with E-state index in [-0.39, 0.29) is 29.5 Å². The number of hydrogen-bond acceptors (Lipinski definition) is 4. The van der Waals surface area contributed by atoms with Crippen molar-refractivity contribution in [3.63, 3.8) is 0 Å². The number of nitrogens with two attached hydrogens (primary N) is 1. The van der Waals surface area contributed by atoms with Crippen LogP contribution < -0.4 is 5.14 Å². The molecule has 1 aromatic rings. The number of carbonyl (C=O) groups is 1. The molecule has 1 fully saturated rings. The summed E-state index contributed by atoms with van der Waals surface area (Å²) in [5.74, 6) is -0.938. The van der Waals surface area contributed by atoms with E-state index in [1.54, 1.807) is 0 Å². The molecular formula is C13H19F3N4O3S. The van der Waals surface area contributed by atoms with E-state index in [4.69, 9.17) is 5.14 Å². The molecule has 1 aliphatic rings. The van der Waals surface area contributed by atoms with Crippen LogP contribution in [0.15, 0.2) is 6.20 Å². The van der Waals surface area contributed by atoms with Gasteiger partial charge in [-0.05, 0) is 25.7 Å². The number of aromatic nitrogens is 2. The lowest BCUT2D eigenvalue weighted by Gasteiger charge is -2.32. The molecule has 0 radical (unpaired) electrons. The zero-order chi connectivity index (χ0) is 18.1. The molecule has 2 N–H and O–H groups in total. The molecule has 1 aromatic heterocycles. The first kappa shape index (κ1) is 18.7. The van der Waals surface area contributed by atoms with Crippen molar-refractivity contribution in [2.24, 2.45) is 11.1 Å². The first-order valence-electron chi connectivity index (χ1n) is 7.35. The summed E-state index contributed by atoms with van der Waals surface area (Å²) in [6, 6.07) is 0. The number of likely N-dealkylation sites (tertiary alicyclic amines) is 1. The Morgan fingerprint density at radius 2 is 2.12 bits per heavy atom. The van der Waals surface area contributed by atoms with Gasteiger partial charge in [0.1, 0.15) is 6.54 Å². The SMILES string of the molecule is Cc1nn(CC(F)(F)F)cc1C(=O)N1CCCC(CS(N)(=O)=O)C1. The highest BCUT2D eigenvalue weighted by atomic mass is 32.2. The molecule has 136 valence electrons. The fourth-order valence-electron chi connectivity index (χ4n) is 2.88. The smallest absolute Gasteiger partial charge is 0.338 e. The number of nitrogens with zero attached hydrogens (tertiary/aromatic N) is 3. The molecule has 2 rings (SSSR count). The summed E-state index contributed by atoms with van der Waals surface area (Å²) in [5, 5.41) is 8.76. The van der Waals surface area contributed by atoms with E-state index in [2.05, 4.69) is 5.10 Å². The first-order valence-corrected chi connectivity index (χ1v) is 9.07. The summed E-state index contributed by atoms with van der Waals surface area (Å²) >= 11 is 0. The van der Waals surface area contributed by atoms with Gasteiger partial charge in [0, 0.05) is 19.3 Å². The van der Waals surface area contributed by atoms with Gasteiger partial charge in [-0.3, -0.25) is 9.48 Å². The van der Waals surface area contributed by atoms with Crippen LogP contribution in [0.5, 0.6) is 0 Å². The van der Waals surface area contributed by atoms with E-state index in [0.29, 0.717) is 24.1 Å². The Morgan fingerprint density at radius 3 is 2.71 bits per heavy atom. The molecule has 1 aliphatic heterocycles. The van der Waals surface area contributed by atoms with E-state index in [1.165, 1.54) is 11.8 Å². The predicted molar refractivity (Wildman–Crippen MR) is 79.6 cm³/mol. The van der Waals surface area contributed by atoms with Gasteiger partial charge in [0.15, 0.2) is 0 Å². The lowest BCUT2D eigenvalue weighted by molar-refractivity contribution is -0.142. The van der Waals surface area contributed by atoms with Crippen LogP contribution in [0.2, 0.25) is 0 Å². The number of aryl methyl sites for hydroxylation is 1. The molecule has 2 heterocycles. The van der Waals surface area contributed by atoms with E-state index < -0.39 is 28.7 Å². The van der Waals surface area contributed by atoms with Crippen LogP contribution in [-0.4, -0.2) is 54.0 Å². The molecule has 0 spiro atoms. The van der Waals surface area contributed by atoms with Crippen molar-refractivity contribution >= 4 is 15.9 Å². The highest BCUT2D eigenvalue weighted by Crippen LogP contribution is 2.22. The number of halogens is 3. The summed E-state index contributed by atoms with van der Waals surface area (Å²) in [4.78, 5) is 14.0. The van der Waals surface area contributed by atoms with Crippen LogP contribution >= 0.6 is 0 Å². The minimum Gasteiger partial charge on any atom is -0.338 e. The Hall–Kier alpha value is -1.62. The Morgan fingerprint density at radius 1 is 1.46 bits per heavy atom. The number of sulfonamides is 1. The van der Waals surface area contributed by atoms with Gasteiger partial charge < -0.3 is 4.90 Å². The van der Waals surface area contributed by atoms with Crippen molar-refractivity contribution < 1.29 is 26.4 Å². The summed E-state index contributed by atoms with van der Waals surface area (Å²) < 4.78 is 60.3. The fourth-order valence-corrected chi connectivity index (χ4v) is 3.81. The van der Waals surface area contributed by atoms with Gasteiger partial charge in [-0.2, -0.15) is 18.3 Å². The largest absolute Gasteiger partial charge is 0.408 e. The number of primary sulfonamides is 1. The van der Waals surface area contributed by atoms with Gasteiger partial charge in [-0.15, -0.1) is 0 Å². The topological polar surface area (TPSA) is 98.3 Å². The maximum atomic E-state index is 12.5. The third-order valence-electron chi connectivity index (χ3n) is 3.79. The molecule has 1 amide bonds. The van der Waals surface area contributed by atoms with Gasteiger partial charge in [0.05, 0.1) is 17.0 Å². The number of carbonyl (C=O) groups excluding carboxylic acids is 1. The van der Waals surface area contributed by atoms with E-state index in [0.717, 1.165) is 6.20 Å². The molecule has 0 saturated carbocycles. The van der Waals surface area contributed by atoms with E-state index >= 15 is 0 Å². The highest BCUT2D eigenvalue weighted by Gasteiger charge is 2.31. The molecule has 11 heteroatoms. The number of amides is 1. The van der Waals surface area contributed by atoms with Crippen molar-refractivity contribution in [1.29, 1.82) is 0 Å². The quantitative estimate of drug-likeness (QED) is 0.853. The summed E-state index contributed by atoms with van der Waals surface area (Å²) in [5.41, 5.74) is 0.299. The second-order valence-electron chi connectivity index (χ2n) is 6.03. The average Bonchev–Trinajstić information content (AvgIpc) is 2.74. The molecule has 1 saturated heterocycles. The van der Waals surface area contributed by atoms with Gasteiger partial charge in [-0.25, -0.2) is 13.6 Å². The Labute approximate surface area is 137 Å². The van der Waals surface area contributed by atoms with Crippen molar-refractivity contribution in [2.75, 3.05) is 18.8 Å². The number of piperidine rings is 1. The molecule has 1 unspecified atom stereocenters. The predicted octanol–water partition coefficient (Wildman–Crippen LogP) is 0.895. The molecule has 0 aliphatic carbocycles. The van der Waals surface area contributed by atoms with Crippen molar-refractivity contribution in [3.8, 4) is 0 Å². The van der Waals surface area contributed by atoms with E-state index in [1.807, 2.05) is 0 Å². The minimum atomic E-state index is -4.43. The van der Waals surface area contributed by atoms with Gasteiger partial charge in [0.25, 0.3) is 5.91 Å². The van der Waals surface area contributed by atoms with Gasteiger partial charge in [-0.1, -0.05) is 0 Å². The average molecular weight is 368 g/mol. The maximum absolute atomic E-state index is 12.5. The van der Waals surface area contributed by atoms with Crippen molar-refractivity contribution in [1.82, 2.24) is 14.7 Å². The van der Waals surface area contributed by atoms with Gasteiger partial charge in [0.2, 0.25) is 10.0 Å². The third-order valence-corrected chi connectivity index (χ3v) is 4.73. The first-order chi connectivity index (χ1) is 10.9. The maximum Gasteiger partial charge on any atom is 0.408 e. The Balaban J connectivity index is 2.11. The second kappa shape index (κ2) is 6.71. The Kier molecular flexibility index (Phi) is 5.23. The normalized spacial score (nSPS) is 19.5. The van der Waals surface area contributed by atoms with Crippen LogP contribution in [0.25, 0.3) is 0 Å². The summed E-state index contributed by atoms with van der Waals surface area (Å²) in [6.07, 6.45) is -2.10. The van der Waals surface area contributed by atoms with Gasteiger partial charge >= 0.3 is 6.18 Å². The summed E-state index contributed by atoms with van der Waals surface area (Å²) in [6.45, 7) is 0.823. The molecule has 7 nitrogen and oxygen atoms in total. The highest BCUT2D eigenvalue weighted by molar-refractivity contribution is 7.89. The van der Waals surface area contributed by atoms with Crippen LogP contribution in [0, 0.1) is 12.8 Å². The molecule has 0 aromatic carbocycles. The van der Waals surface area contributed by atoms with Crippen molar-refractivity contribution in [3.05, 3.63) is 17.5 Å². The minimum absolute atomic E-state index is 0.0931. The molecule has 0 bridgehead atoms. The standard InChI is InChI=1S/C13H19F3N4O3S/c1-9-11(6-20(18-9)8-13(14,15)16)12(21)19-4-2-3-10(5-19)7-24(17,22)23/h6,10H,2-5,7-8H2,1H3,(H2,17,22,23). The molecular weight excluding hydrogens is 349 g/mol. The van der Waals surface area contributed by atoms with Crippen LogP contribution in [-0.2, 0) is 16.6 Å².